The van der Waals surface area contributed by atoms with Crippen LogP contribution in [0.1, 0.15) is 20.7 Å². The van der Waals surface area contributed by atoms with E-state index in [0.717, 1.165) is 12.3 Å². The van der Waals surface area contributed by atoms with Crippen LogP contribution in [0, 0.1) is 5.82 Å². The highest BCUT2D eigenvalue weighted by atomic mass is 35.5. The summed E-state index contributed by atoms with van der Waals surface area (Å²) < 4.78 is 12.3. The molecule has 0 spiro atoms. The van der Waals surface area contributed by atoms with Crippen LogP contribution in [0.4, 0.5) is 4.39 Å². The number of hydrogen-bond acceptors (Lipinski definition) is 4. The highest BCUT2D eigenvalue weighted by Gasteiger charge is 2.09. The van der Waals surface area contributed by atoms with Crippen molar-refractivity contribution in [3.05, 3.63) is 58.9 Å². The van der Waals surface area contributed by atoms with Gasteiger partial charge in [0.1, 0.15) is 11.0 Å². The van der Waals surface area contributed by atoms with Crippen molar-refractivity contribution in [2.75, 3.05) is 0 Å². The molecular weight excluding hydrogens is 291 g/mol. The molecule has 2 N–H and O–H groups in total. The number of carbonyl (C=O) groups is 2. The summed E-state index contributed by atoms with van der Waals surface area (Å²) in [5.74, 6) is -2.95. The van der Waals surface area contributed by atoms with E-state index >= 15 is 0 Å². The van der Waals surface area contributed by atoms with Gasteiger partial charge in [-0.1, -0.05) is 11.6 Å². The van der Waals surface area contributed by atoms with Crippen LogP contribution in [-0.2, 0) is 0 Å². The summed E-state index contributed by atoms with van der Waals surface area (Å²) >= 11 is 5.33. The molecule has 0 unspecified atom stereocenters. The predicted octanol–water partition coefficient (Wildman–Crippen LogP) is 2.35. The second kappa shape index (κ2) is 7.15. The van der Waals surface area contributed by atoms with Crippen molar-refractivity contribution in [1.29, 1.82) is 0 Å². The lowest BCUT2D eigenvalue weighted by Gasteiger charge is -1.95. The summed E-state index contributed by atoms with van der Waals surface area (Å²) in [7, 11) is 0. The van der Waals surface area contributed by atoms with Crippen LogP contribution in [-0.4, -0.2) is 32.1 Å². The predicted molar refractivity (Wildman–Crippen MR) is 67.4 cm³/mol. The highest BCUT2D eigenvalue weighted by Crippen LogP contribution is 2.12. The summed E-state index contributed by atoms with van der Waals surface area (Å²) in [6.07, 6.45) is 3.70. The monoisotopic (exact) mass is 298 g/mol. The topological polar surface area (TPSA) is 100 Å². The van der Waals surface area contributed by atoms with Gasteiger partial charge in [-0.2, -0.15) is 0 Å². The van der Waals surface area contributed by atoms with Crippen LogP contribution in [0.25, 0.3) is 0 Å². The fourth-order valence-corrected chi connectivity index (χ4v) is 1.25. The third-order valence-corrected chi connectivity index (χ3v) is 2.25. The first-order valence-electron chi connectivity index (χ1n) is 5.09. The maximum atomic E-state index is 12.3. The molecule has 2 aromatic heterocycles. The Morgan fingerprint density at radius 2 is 1.90 bits per heavy atom. The first kappa shape index (κ1) is 15.5. The molecule has 0 saturated heterocycles. The molecule has 0 aliphatic rings. The van der Waals surface area contributed by atoms with Crippen LogP contribution in [0.5, 0.6) is 0 Å². The van der Waals surface area contributed by atoms with Gasteiger partial charge in [-0.25, -0.2) is 19.0 Å². The lowest BCUT2D eigenvalue weighted by atomic mass is 10.3. The van der Waals surface area contributed by atoms with E-state index in [1.807, 2.05) is 0 Å². The zero-order chi connectivity index (χ0) is 15.1. The van der Waals surface area contributed by atoms with Crippen LogP contribution in [0.15, 0.2) is 36.8 Å². The third kappa shape index (κ3) is 4.62. The van der Waals surface area contributed by atoms with Crippen molar-refractivity contribution in [3.8, 4) is 0 Å². The van der Waals surface area contributed by atoms with Gasteiger partial charge in [0.2, 0.25) is 0 Å². The number of hydrogen-bond donors (Lipinski definition) is 2. The van der Waals surface area contributed by atoms with Crippen molar-refractivity contribution in [2.24, 2.45) is 0 Å². The van der Waals surface area contributed by atoms with Crippen molar-refractivity contribution in [2.45, 2.75) is 0 Å². The van der Waals surface area contributed by atoms with E-state index in [1.165, 1.54) is 18.5 Å². The average molecular weight is 299 g/mol. The van der Waals surface area contributed by atoms with E-state index in [4.69, 9.17) is 21.8 Å². The van der Waals surface area contributed by atoms with Crippen molar-refractivity contribution < 1.29 is 24.2 Å². The normalized spacial score (nSPS) is 9.30. The molecule has 0 fully saturated rings. The van der Waals surface area contributed by atoms with Gasteiger partial charge in [0.15, 0.2) is 0 Å². The van der Waals surface area contributed by atoms with Gasteiger partial charge in [-0.05, 0) is 18.2 Å². The zero-order valence-electron chi connectivity index (χ0n) is 9.83. The smallest absolute Gasteiger partial charge is 0.338 e. The molecule has 2 heterocycles. The van der Waals surface area contributed by atoms with Crippen molar-refractivity contribution in [3.63, 3.8) is 0 Å². The molecule has 0 saturated carbocycles. The quantitative estimate of drug-likeness (QED) is 0.825. The van der Waals surface area contributed by atoms with Crippen LogP contribution in [0.3, 0.4) is 0 Å². The average Bonchev–Trinajstić information content (AvgIpc) is 2.43. The number of aromatic carboxylic acids is 2. The molecule has 104 valence electrons. The largest absolute Gasteiger partial charge is 0.478 e. The van der Waals surface area contributed by atoms with Crippen LogP contribution in [0.2, 0.25) is 5.15 Å². The molecule has 2 rings (SSSR count). The third-order valence-electron chi connectivity index (χ3n) is 1.94. The number of carboxylic acids is 2. The molecule has 0 atom stereocenters. The molecule has 0 bridgehead atoms. The SMILES string of the molecule is O=C(O)c1cc(F)cnc1Cl.O=C(O)c1cccnc1. The maximum absolute atomic E-state index is 12.3. The fourth-order valence-electron chi connectivity index (χ4n) is 1.06. The first-order chi connectivity index (χ1) is 9.41. The van der Waals surface area contributed by atoms with E-state index < -0.39 is 17.8 Å². The number of pyridine rings is 2. The molecular formula is C12H8ClFN2O4. The molecule has 2 aromatic rings. The minimum absolute atomic E-state index is 0.209. The highest BCUT2D eigenvalue weighted by molar-refractivity contribution is 6.32. The van der Waals surface area contributed by atoms with Gasteiger partial charge in [0, 0.05) is 12.4 Å². The van der Waals surface area contributed by atoms with Gasteiger partial charge in [-0.15, -0.1) is 0 Å². The second-order valence-corrected chi connectivity index (χ2v) is 3.70. The van der Waals surface area contributed by atoms with Crippen molar-refractivity contribution in [1.82, 2.24) is 9.97 Å². The number of nitrogens with zero attached hydrogens (tertiary/aromatic N) is 2. The molecule has 0 aromatic carbocycles. The first-order valence-corrected chi connectivity index (χ1v) is 5.47. The molecule has 0 radical (unpaired) electrons. The maximum Gasteiger partial charge on any atom is 0.338 e. The van der Waals surface area contributed by atoms with Crippen molar-refractivity contribution >= 4 is 23.5 Å². The van der Waals surface area contributed by atoms with E-state index in [9.17, 15) is 14.0 Å². The number of rotatable bonds is 2. The Bertz CT molecular complexity index is 622. The summed E-state index contributed by atoms with van der Waals surface area (Å²) in [6, 6.07) is 3.90. The molecule has 20 heavy (non-hydrogen) atoms. The van der Waals surface area contributed by atoms with E-state index in [0.29, 0.717) is 0 Å². The number of aromatic nitrogens is 2. The Labute approximate surface area is 117 Å². The minimum atomic E-state index is -1.29. The Kier molecular flexibility index (Phi) is 5.55. The molecule has 0 aliphatic carbocycles. The lowest BCUT2D eigenvalue weighted by molar-refractivity contribution is 0.0685. The Hall–Kier alpha value is -2.54. The Morgan fingerprint density at radius 3 is 2.30 bits per heavy atom. The van der Waals surface area contributed by atoms with Gasteiger partial charge in [-0.3, -0.25) is 4.98 Å². The van der Waals surface area contributed by atoms with Gasteiger partial charge < -0.3 is 10.2 Å². The summed E-state index contributed by atoms with van der Waals surface area (Å²) in [4.78, 5) is 27.4. The molecule has 6 nitrogen and oxygen atoms in total. The number of carboxylic acid groups (broad SMARTS) is 2. The summed E-state index contributed by atoms with van der Waals surface area (Å²) in [5.41, 5.74) is -0.107. The van der Waals surface area contributed by atoms with Gasteiger partial charge in [0.25, 0.3) is 0 Å². The van der Waals surface area contributed by atoms with Gasteiger partial charge >= 0.3 is 11.9 Å². The summed E-state index contributed by atoms with van der Waals surface area (Å²) in [5, 5.41) is 16.5. The Balaban J connectivity index is 0.000000204. The standard InChI is InChI=1S/C6H3ClFNO2.C6H5NO2/c7-5-4(6(10)11)1-3(8)2-9-5;8-6(9)5-2-1-3-7-4-5/h1-2H,(H,10,11);1-4H,(H,8,9). The Morgan fingerprint density at radius 1 is 1.20 bits per heavy atom. The lowest BCUT2D eigenvalue weighted by Crippen LogP contribution is -1.99. The molecule has 0 amide bonds. The summed E-state index contributed by atoms with van der Waals surface area (Å²) in [6.45, 7) is 0. The zero-order valence-corrected chi connectivity index (χ0v) is 10.6. The second-order valence-electron chi connectivity index (χ2n) is 3.34. The van der Waals surface area contributed by atoms with Gasteiger partial charge in [0.05, 0.1) is 17.3 Å². The van der Waals surface area contributed by atoms with E-state index in [1.54, 1.807) is 6.07 Å². The number of halogens is 2. The molecule has 0 aliphatic heterocycles. The van der Waals surface area contributed by atoms with E-state index in [2.05, 4.69) is 9.97 Å². The minimum Gasteiger partial charge on any atom is -0.478 e. The van der Waals surface area contributed by atoms with Crippen LogP contribution >= 0.6 is 11.6 Å². The fraction of sp³-hybridized carbons (Fsp3) is 0. The van der Waals surface area contributed by atoms with E-state index in [-0.39, 0.29) is 16.3 Å². The van der Waals surface area contributed by atoms with Crippen LogP contribution < -0.4 is 0 Å². The molecule has 8 heteroatoms.